The molecule has 61 heavy (non-hydrogen) atoms. The van der Waals surface area contributed by atoms with Gasteiger partial charge in [-0.3, -0.25) is 24.7 Å². The smallest absolute Gasteiger partial charge is 0.328 e. The second-order valence-corrected chi connectivity index (χ2v) is 17.8. The lowest BCUT2D eigenvalue weighted by molar-refractivity contribution is -0.120. The molecule has 2 aromatic heterocycles. The Labute approximate surface area is 358 Å². The van der Waals surface area contributed by atoms with Gasteiger partial charge in [0.05, 0.1) is 17.4 Å². The number of aryl methyl sites for hydroxylation is 1. The van der Waals surface area contributed by atoms with Crippen molar-refractivity contribution in [3.8, 4) is 11.3 Å². The molecule has 0 aliphatic carbocycles. The van der Waals surface area contributed by atoms with Crippen molar-refractivity contribution in [1.29, 1.82) is 0 Å². The van der Waals surface area contributed by atoms with E-state index < -0.39 is 0 Å². The van der Waals surface area contributed by atoms with E-state index in [1.54, 1.807) is 22.0 Å². The van der Waals surface area contributed by atoms with E-state index in [-0.39, 0.29) is 23.4 Å². The minimum absolute atomic E-state index is 0.205. The molecule has 3 aliphatic rings. The van der Waals surface area contributed by atoms with Crippen LogP contribution in [-0.4, -0.2) is 91.9 Å². The van der Waals surface area contributed by atoms with Crippen LogP contribution in [0.3, 0.4) is 0 Å². The summed E-state index contributed by atoms with van der Waals surface area (Å²) in [7, 11) is 0. The van der Waals surface area contributed by atoms with Crippen LogP contribution in [0, 0.1) is 12.8 Å². The third kappa shape index (κ3) is 10.5. The van der Waals surface area contributed by atoms with Gasteiger partial charge in [0, 0.05) is 55.7 Å². The van der Waals surface area contributed by atoms with Gasteiger partial charge >= 0.3 is 6.03 Å². The minimum atomic E-state index is -0.327. The van der Waals surface area contributed by atoms with E-state index in [1.165, 1.54) is 30.5 Å². The van der Waals surface area contributed by atoms with Crippen LogP contribution in [0.25, 0.3) is 11.3 Å². The average molecular weight is 824 g/mol. The van der Waals surface area contributed by atoms with Gasteiger partial charge in [0.25, 0.3) is 5.91 Å². The number of nitrogens with zero attached hydrogens (tertiary/aromatic N) is 8. The Hall–Kier alpha value is -5.99. The summed E-state index contributed by atoms with van der Waals surface area (Å²) < 4.78 is 1.69. The van der Waals surface area contributed by atoms with Crippen LogP contribution in [0.15, 0.2) is 85.2 Å². The monoisotopic (exact) mass is 823 g/mol. The Morgan fingerprint density at radius 1 is 0.885 bits per heavy atom. The number of piperidine rings is 2. The van der Waals surface area contributed by atoms with Gasteiger partial charge in [-0.15, -0.1) is 5.10 Å². The molecule has 0 unspecified atom stereocenters. The van der Waals surface area contributed by atoms with Crippen molar-refractivity contribution in [2.24, 2.45) is 5.92 Å². The fourth-order valence-electron chi connectivity index (χ4n) is 8.57. The number of likely N-dealkylation sites (tertiary alicyclic amines) is 2. The number of hydrogen-bond donors (Lipinski definition) is 3. The quantitative estimate of drug-likeness (QED) is 0.120. The third-order valence-electron chi connectivity index (χ3n) is 12.3. The molecule has 0 radical (unpaired) electrons. The van der Waals surface area contributed by atoms with Gasteiger partial charge in [-0.05, 0) is 150 Å². The van der Waals surface area contributed by atoms with Crippen molar-refractivity contribution >= 4 is 35.2 Å². The van der Waals surface area contributed by atoms with Crippen molar-refractivity contribution in [3.63, 3.8) is 0 Å². The molecule has 0 saturated carbocycles. The molecule has 14 nitrogen and oxygen atoms in total. The van der Waals surface area contributed by atoms with Crippen LogP contribution < -0.4 is 20.9 Å². The van der Waals surface area contributed by atoms with Gasteiger partial charge in [-0.1, -0.05) is 41.6 Å². The number of rotatable bonds is 12. The average Bonchev–Trinajstić information content (AvgIpc) is 3.77. The molecule has 14 heteroatoms. The standard InChI is InChI=1S/C47H57N11O3/c1-32-26-37(10-11-38(32)28-49-44(60)42-31-58(54-53-42)47(2,3)4)41-14-20-48-45(51-41)50-39-12-8-33(9-13-39)29-55-21-15-34(16-22-55)30-56-23-17-35(18-24-56)36-6-5-7-40(27-36)57-25-19-43(59)52-46(57)61/h5-14,20,26-27,31,34-35H,15-19,21-25,28-30H2,1-4H3,(H,49,60)(H,48,50,51)(H,52,59,61). The number of carbonyl (C=O) groups excluding carboxylic acids is 3. The Bertz CT molecular complexity index is 2340. The van der Waals surface area contributed by atoms with Crippen molar-refractivity contribution in [1.82, 2.24) is 45.4 Å². The van der Waals surface area contributed by atoms with Gasteiger partial charge in [-0.2, -0.15) is 0 Å². The van der Waals surface area contributed by atoms with Gasteiger partial charge < -0.3 is 15.5 Å². The molecule has 0 spiro atoms. The van der Waals surface area contributed by atoms with Crippen LogP contribution in [0.1, 0.15) is 91.5 Å². The highest BCUT2D eigenvalue weighted by Crippen LogP contribution is 2.32. The van der Waals surface area contributed by atoms with Crippen LogP contribution in [0.2, 0.25) is 0 Å². The highest BCUT2D eigenvalue weighted by molar-refractivity contribution is 6.05. The summed E-state index contributed by atoms with van der Waals surface area (Å²) in [6.07, 6.45) is 8.47. The Morgan fingerprint density at radius 2 is 1.66 bits per heavy atom. The molecule has 0 bridgehead atoms. The first kappa shape index (κ1) is 41.7. The van der Waals surface area contributed by atoms with E-state index in [9.17, 15) is 14.4 Å². The summed E-state index contributed by atoms with van der Waals surface area (Å²) in [5, 5.41) is 16.9. The second kappa shape index (κ2) is 18.3. The third-order valence-corrected chi connectivity index (χ3v) is 12.3. The summed E-state index contributed by atoms with van der Waals surface area (Å²) in [6, 6.07) is 24.6. The molecule has 3 N–H and O–H groups in total. The highest BCUT2D eigenvalue weighted by Gasteiger charge is 2.28. The first-order valence-electron chi connectivity index (χ1n) is 21.6. The van der Waals surface area contributed by atoms with Gasteiger partial charge in [0.1, 0.15) is 0 Å². The number of benzene rings is 3. The van der Waals surface area contributed by atoms with E-state index in [0.717, 1.165) is 85.2 Å². The number of urea groups is 1. The molecule has 8 rings (SSSR count). The number of carbonyl (C=O) groups is 3. The molecule has 3 saturated heterocycles. The molecule has 3 aliphatic heterocycles. The summed E-state index contributed by atoms with van der Waals surface area (Å²) in [5.74, 6) is 1.29. The maximum absolute atomic E-state index is 12.7. The lowest BCUT2D eigenvalue weighted by Crippen LogP contribution is -2.49. The lowest BCUT2D eigenvalue weighted by Gasteiger charge is -2.38. The minimum Gasteiger partial charge on any atom is -0.347 e. The zero-order valence-electron chi connectivity index (χ0n) is 35.7. The van der Waals surface area contributed by atoms with E-state index in [1.807, 2.05) is 58.0 Å². The number of nitrogens with one attached hydrogen (secondary N) is 3. The molecule has 5 aromatic rings. The SMILES string of the molecule is Cc1cc(-c2ccnc(Nc3ccc(CN4CCC(CN5CCC(c6cccc(N7CCC(=O)NC7=O)c6)CC5)CC4)cc3)n2)ccc1CNC(=O)c1cn(C(C)(C)C)nn1. The highest BCUT2D eigenvalue weighted by atomic mass is 16.2. The number of aromatic nitrogens is 5. The second-order valence-electron chi connectivity index (χ2n) is 17.8. The normalized spacial score (nSPS) is 17.3. The lowest BCUT2D eigenvalue weighted by atomic mass is 9.88. The molecule has 3 aromatic carbocycles. The van der Waals surface area contributed by atoms with E-state index in [4.69, 9.17) is 4.98 Å². The Kier molecular flexibility index (Phi) is 12.5. The van der Waals surface area contributed by atoms with Gasteiger partial charge in [0.15, 0.2) is 5.69 Å². The van der Waals surface area contributed by atoms with Gasteiger partial charge in [0.2, 0.25) is 11.9 Å². The zero-order chi connectivity index (χ0) is 42.5. The Balaban J connectivity index is 0.763. The number of amides is 4. The van der Waals surface area contributed by atoms with Crippen molar-refractivity contribution < 1.29 is 14.4 Å². The number of imide groups is 1. The predicted octanol–water partition coefficient (Wildman–Crippen LogP) is 7.01. The molecule has 318 valence electrons. The topological polar surface area (TPSA) is 154 Å². The molecule has 4 amide bonds. The van der Waals surface area contributed by atoms with Crippen molar-refractivity contribution in [2.45, 2.75) is 84.3 Å². The zero-order valence-corrected chi connectivity index (χ0v) is 35.7. The predicted molar refractivity (Wildman–Crippen MR) is 236 cm³/mol. The molecule has 3 fully saturated rings. The number of hydrogen-bond acceptors (Lipinski definition) is 10. The van der Waals surface area contributed by atoms with Gasteiger partial charge in [-0.25, -0.2) is 19.4 Å². The molecule has 0 atom stereocenters. The van der Waals surface area contributed by atoms with E-state index >= 15 is 0 Å². The maximum Gasteiger partial charge on any atom is 0.328 e. The van der Waals surface area contributed by atoms with Crippen molar-refractivity contribution in [2.75, 3.05) is 49.5 Å². The fraction of sp³-hybridized carbons (Fsp3) is 0.426. The largest absolute Gasteiger partial charge is 0.347 e. The van der Waals surface area contributed by atoms with Crippen LogP contribution in [0.5, 0.6) is 0 Å². The maximum atomic E-state index is 12.7. The van der Waals surface area contributed by atoms with Crippen molar-refractivity contribution in [3.05, 3.63) is 113 Å². The fourth-order valence-corrected chi connectivity index (χ4v) is 8.57. The first-order chi connectivity index (χ1) is 29.4. The molecular weight excluding hydrogens is 767 g/mol. The summed E-state index contributed by atoms with van der Waals surface area (Å²) >= 11 is 0. The summed E-state index contributed by atoms with van der Waals surface area (Å²) in [5.41, 5.74) is 8.29. The van der Waals surface area contributed by atoms with Crippen LogP contribution in [0.4, 0.5) is 22.1 Å². The Morgan fingerprint density at radius 3 is 2.38 bits per heavy atom. The van der Waals surface area contributed by atoms with Crippen LogP contribution >= 0.6 is 0 Å². The number of anilines is 3. The van der Waals surface area contributed by atoms with E-state index in [2.05, 4.69) is 83.5 Å². The summed E-state index contributed by atoms with van der Waals surface area (Å²) in [6.45, 7) is 15.4. The summed E-state index contributed by atoms with van der Waals surface area (Å²) in [4.78, 5) is 52.9. The van der Waals surface area contributed by atoms with Crippen LogP contribution in [-0.2, 0) is 23.4 Å². The van der Waals surface area contributed by atoms with E-state index in [0.29, 0.717) is 37.1 Å². The molecule has 5 heterocycles. The molecular formula is C47H57N11O3. The first-order valence-corrected chi connectivity index (χ1v) is 21.6.